The second-order valence-corrected chi connectivity index (χ2v) is 5.18. The van der Waals surface area contributed by atoms with Crippen LogP contribution in [0.2, 0.25) is 0 Å². The molecule has 0 aliphatic heterocycles. The number of aryl methyl sites for hydroxylation is 1. The average Bonchev–Trinajstić information content (AvgIpc) is 2.64. The van der Waals surface area contributed by atoms with E-state index in [-0.39, 0.29) is 5.82 Å². The minimum absolute atomic E-state index is 0.239. The molecular weight excluding hydrogens is 249 g/mol. The number of nitrogens with zero attached hydrogens (tertiary/aromatic N) is 2. The molecule has 18 heavy (non-hydrogen) atoms. The standard InChI is InChI=1S/C13H16FN3S/c1-8(2)7-17-12(15-16-13(17)18)10-6-4-5-9(3)11(10)14/h4-6,8H,7H2,1-3H3,(H,16,18). The van der Waals surface area contributed by atoms with Gasteiger partial charge in [-0.1, -0.05) is 26.0 Å². The smallest absolute Gasteiger partial charge is 0.195 e. The lowest BCUT2D eigenvalue weighted by molar-refractivity contribution is 0.519. The molecule has 1 aromatic carbocycles. The number of hydrogen-bond acceptors (Lipinski definition) is 2. The second kappa shape index (κ2) is 5.02. The maximum Gasteiger partial charge on any atom is 0.195 e. The monoisotopic (exact) mass is 265 g/mol. The van der Waals surface area contributed by atoms with E-state index in [0.29, 0.717) is 27.6 Å². The van der Waals surface area contributed by atoms with E-state index >= 15 is 0 Å². The molecule has 0 saturated heterocycles. The lowest BCUT2D eigenvalue weighted by Gasteiger charge is -2.10. The molecule has 0 saturated carbocycles. The van der Waals surface area contributed by atoms with Crippen LogP contribution in [-0.4, -0.2) is 14.8 Å². The number of halogens is 1. The molecule has 0 radical (unpaired) electrons. The summed E-state index contributed by atoms with van der Waals surface area (Å²) in [5.41, 5.74) is 1.10. The highest BCUT2D eigenvalue weighted by atomic mass is 32.1. The Hall–Kier alpha value is -1.49. The molecule has 3 nitrogen and oxygen atoms in total. The quantitative estimate of drug-likeness (QED) is 0.858. The summed E-state index contributed by atoms with van der Waals surface area (Å²) >= 11 is 5.19. The van der Waals surface area contributed by atoms with Crippen LogP contribution in [0.4, 0.5) is 4.39 Å². The molecule has 0 aliphatic carbocycles. The highest BCUT2D eigenvalue weighted by molar-refractivity contribution is 7.71. The van der Waals surface area contributed by atoms with E-state index in [9.17, 15) is 4.39 Å². The van der Waals surface area contributed by atoms with E-state index in [4.69, 9.17) is 12.2 Å². The van der Waals surface area contributed by atoms with Crippen LogP contribution in [0.5, 0.6) is 0 Å². The van der Waals surface area contributed by atoms with Gasteiger partial charge < -0.3 is 0 Å². The molecule has 1 N–H and O–H groups in total. The number of aromatic amines is 1. The molecule has 1 heterocycles. The number of benzene rings is 1. The third-order valence-corrected chi connectivity index (χ3v) is 3.05. The summed E-state index contributed by atoms with van der Waals surface area (Å²) in [6.07, 6.45) is 0. The lowest BCUT2D eigenvalue weighted by Crippen LogP contribution is -2.07. The van der Waals surface area contributed by atoms with Gasteiger partial charge in [0.05, 0.1) is 5.56 Å². The summed E-state index contributed by atoms with van der Waals surface area (Å²) in [6.45, 7) is 6.64. The number of aromatic nitrogens is 3. The molecule has 2 rings (SSSR count). The molecule has 0 atom stereocenters. The van der Waals surface area contributed by atoms with Crippen molar-refractivity contribution in [2.24, 2.45) is 5.92 Å². The Morgan fingerprint density at radius 1 is 1.44 bits per heavy atom. The molecule has 2 aromatic rings. The van der Waals surface area contributed by atoms with Crippen molar-refractivity contribution in [2.45, 2.75) is 27.3 Å². The van der Waals surface area contributed by atoms with Crippen LogP contribution in [0.15, 0.2) is 18.2 Å². The molecular formula is C13H16FN3S. The van der Waals surface area contributed by atoms with E-state index in [2.05, 4.69) is 24.0 Å². The van der Waals surface area contributed by atoms with Crippen molar-refractivity contribution in [2.75, 3.05) is 0 Å². The summed E-state index contributed by atoms with van der Waals surface area (Å²) in [5.74, 6) is 0.743. The maximum absolute atomic E-state index is 14.1. The highest BCUT2D eigenvalue weighted by Gasteiger charge is 2.14. The molecule has 0 fully saturated rings. The zero-order valence-electron chi connectivity index (χ0n) is 10.7. The van der Waals surface area contributed by atoms with E-state index in [0.717, 1.165) is 6.54 Å². The van der Waals surface area contributed by atoms with Crippen LogP contribution >= 0.6 is 12.2 Å². The summed E-state index contributed by atoms with van der Waals surface area (Å²) in [6, 6.07) is 5.29. The normalized spacial score (nSPS) is 11.2. The minimum atomic E-state index is -0.239. The number of hydrogen-bond donors (Lipinski definition) is 1. The Morgan fingerprint density at radius 2 is 2.17 bits per heavy atom. The first-order chi connectivity index (χ1) is 8.50. The minimum Gasteiger partial charge on any atom is -0.300 e. The molecule has 96 valence electrons. The van der Waals surface area contributed by atoms with E-state index in [1.165, 1.54) is 0 Å². The zero-order chi connectivity index (χ0) is 13.3. The van der Waals surface area contributed by atoms with Crippen LogP contribution in [0, 0.1) is 23.4 Å². The molecule has 0 unspecified atom stereocenters. The number of H-pyrrole nitrogens is 1. The molecule has 5 heteroatoms. The first-order valence-corrected chi connectivity index (χ1v) is 6.32. The first kappa shape index (κ1) is 13.0. The maximum atomic E-state index is 14.1. The van der Waals surface area contributed by atoms with Gasteiger partial charge in [-0.15, -0.1) is 0 Å². The van der Waals surface area contributed by atoms with Crippen molar-refractivity contribution >= 4 is 12.2 Å². The zero-order valence-corrected chi connectivity index (χ0v) is 11.5. The van der Waals surface area contributed by atoms with Crippen LogP contribution in [0.25, 0.3) is 11.4 Å². The fraction of sp³-hybridized carbons (Fsp3) is 0.385. The van der Waals surface area contributed by atoms with E-state index < -0.39 is 0 Å². The molecule has 0 amide bonds. The second-order valence-electron chi connectivity index (χ2n) is 4.79. The average molecular weight is 265 g/mol. The van der Waals surface area contributed by atoms with Crippen molar-refractivity contribution in [1.29, 1.82) is 0 Å². The van der Waals surface area contributed by atoms with Crippen LogP contribution < -0.4 is 0 Å². The Bertz CT molecular complexity index is 613. The van der Waals surface area contributed by atoms with Crippen molar-refractivity contribution < 1.29 is 4.39 Å². The van der Waals surface area contributed by atoms with Crippen molar-refractivity contribution in [3.8, 4) is 11.4 Å². The molecule has 0 spiro atoms. The summed E-state index contributed by atoms with van der Waals surface area (Å²) in [5, 5.41) is 6.88. The van der Waals surface area contributed by atoms with Gasteiger partial charge in [-0.2, -0.15) is 5.10 Å². The number of nitrogens with one attached hydrogen (secondary N) is 1. The van der Waals surface area contributed by atoms with Gasteiger partial charge >= 0.3 is 0 Å². The van der Waals surface area contributed by atoms with Gasteiger partial charge in [-0.25, -0.2) is 4.39 Å². The first-order valence-electron chi connectivity index (χ1n) is 5.91. The fourth-order valence-corrected chi connectivity index (χ4v) is 2.08. The highest BCUT2D eigenvalue weighted by Crippen LogP contribution is 2.23. The number of rotatable bonds is 3. The Kier molecular flexibility index (Phi) is 3.61. The van der Waals surface area contributed by atoms with Gasteiger partial charge in [0.25, 0.3) is 0 Å². The predicted molar refractivity (Wildman–Crippen MR) is 72.4 cm³/mol. The van der Waals surface area contributed by atoms with Gasteiger partial charge in [0, 0.05) is 6.54 Å². The molecule has 0 bridgehead atoms. The van der Waals surface area contributed by atoms with Gasteiger partial charge in [-0.05, 0) is 36.7 Å². The molecule has 1 aromatic heterocycles. The van der Waals surface area contributed by atoms with Gasteiger partial charge in [0.2, 0.25) is 0 Å². The van der Waals surface area contributed by atoms with Crippen LogP contribution in [0.1, 0.15) is 19.4 Å². The predicted octanol–water partition coefficient (Wildman–Crippen LogP) is 3.71. The van der Waals surface area contributed by atoms with Crippen molar-refractivity contribution in [3.05, 3.63) is 34.4 Å². The summed E-state index contributed by atoms with van der Waals surface area (Å²) in [4.78, 5) is 0. The van der Waals surface area contributed by atoms with Crippen LogP contribution in [0.3, 0.4) is 0 Å². The topological polar surface area (TPSA) is 33.6 Å². The van der Waals surface area contributed by atoms with Crippen molar-refractivity contribution in [1.82, 2.24) is 14.8 Å². The van der Waals surface area contributed by atoms with E-state index in [1.807, 2.05) is 10.6 Å². The Labute approximate surface area is 111 Å². The Balaban J connectivity index is 2.58. The fourth-order valence-electron chi connectivity index (χ4n) is 1.88. The van der Waals surface area contributed by atoms with Gasteiger partial charge in [0.15, 0.2) is 10.6 Å². The van der Waals surface area contributed by atoms with Crippen molar-refractivity contribution in [3.63, 3.8) is 0 Å². The SMILES string of the molecule is Cc1cccc(-c2n[nH]c(=S)n2CC(C)C)c1F. The Morgan fingerprint density at radius 3 is 2.83 bits per heavy atom. The molecule has 0 aliphatic rings. The third kappa shape index (κ3) is 2.36. The summed E-state index contributed by atoms with van der Waals surface area (Å²) < 4.78 is 16.5. The summed E-state index contributed by atoms with van der Waals surface area (Å²) in [7, 11) is 0. The van der Waals surface area contributed by atoms with Crippen LogP contribution in [-0.2, 0) is 6.54 Å². The largest absolute Gasteiger partial charge is 0.300 e. The van der Waals surface area contributed by atoms with E-state index in [1.54, 1.807) is 19.1 Å². The lowest BCUT2D eigenvalue weighted by atomic mass is 10.1. The van der Waals surface area contributed by atoms with Gasteiger partial charge in [0.1, 0.15) is 5.82 Å². The van der Waals surface area contributed by atoms with Gasteiger partial charge in [-0.3, -0.25) is 9.67 Å². The third-order valence-electron chi connectivity index (χ3n) is 2.74.